The molecule has 114 valence electrons. The number of sulfonamides is 1. The van der Waals surface area contributed by atoms with Crippen LogP contribution in [0.5, 0.6) is 0 Å². The second-order valence-corrected chi connectivity index (χ2v) is 7.30. The zero-order valence-electron chi connectivity index (χ0n) is 12.5. The van der Waals surface area contributed by atoms with Crippen LogP contribution in [-0.2, 0) is 17.1 Å². The van der Waals surface area contributed by atoms with Gasteiger partial charge in [0.05, 0.1) is 0 Å². The molecule has 1 aliphatic heterocycles. The molecule has 0 saturated carbocycles. The van der Waals surface area contributed by atoms with E-state index in [0.29, 0.717) is 24.8 Å². The minimum absolute atomic E-state index is 0.168. The number of aryl methyl sites for hydroxylation is 2. The molecule has 1 saturated heterocycles. The largest absolute Gasteiger partial charge is 0.337 e. The summed E-state index contributed by atoms with van der Waals surface area (Å²) < 4.78 is 28.5. The van der Waals surface area contributed by atoms with Crippen LogP contribution in [0.25, 0.3) is 0 Å². The average molecular weight is 300 g/mol. The van der Waals surface area contributed by atoms with Crippen LogP contribution >= 0.6 is 0 Å². The number of nitrogens with zero attached hydrogens (tertiary/aromatic N) is 3. The lowest BCUT2D eigenvalue weighted by Gasteiger charge is -2.31. The molecule has 7 heteroatoms. The van der Waals surface area contributed by atoms with Crippen molar-refractivity contribution >= 4 is 10.0 Å². The Balaban J connectivity index is 2.12. The first-order valence-corrected chi connectivity index (χ1v) is 8.60. The molecular formula is C13H24N4O2S. The highest BCUT2D eigenvalue weighted by molar-refractivity contribution is 7.89. The highest BCUT2D eigenvalue weighted by Crippen LogP contribution is 2.22. The molecule has 1 unspecified atom stereocenters. The van der Waals surface area contributed by atoms with Gasteiger partial charge in [0.15, 0.2) is 5.03 Å². The average Bonchev–Trinajstić information content (AvgIpc) is 2.77. The Morgan fingerprint density at radius 2 is 2.25 bits per heavy atom. The second-order valence-electron chi connectivity index (χ2n) is 5.42. The van der Waals surface area contributed by atoms with E-state index in [1.54, 1.807) is 15.1 Å². The van der Waals surface area contributed by atoms with Gasteiger partial charge in [0.1, 0.15) is 5.82 Å². The molecule has 1 aliphatic rings. The number of hydrogen-bond donors (Lipinski definition) is 1. The third-order valence-electron chi connectivity index (χ3n) is 3.86. The molecule has 0 bridgehead atoms. The van der Waals surface area contributed by atoms with Crippen molar-refractivity contribution in [3.63, 3.8) is 0 Å². The van der Waals surface area contributed by atoms with E-state index in [1.165, 1.54) is 0 Å². The number of piperidine rings is 1. The van der Waals surface area contributed by atoms with Crippen LogP contribution in [0.2, 0.25) is 0 Å². The summed E-state index contributed by atoms with van der Waals surface area (Å²) >= 11 is 0. The van der Waals surface area contributed by atoms with Gasteiger partial charge in [-0.25, -0.2) is 13.4 Å². The third-order valence-corrected chi connectivity index (χ3v) is 5.59. The fourth-order valence-corrected chi connectivity index (χ4v) is 4.12. The lowest BCUT2D eigenvalue weighted by Crippen LogP contribution is -2.42. The summed E-state index contributed by atoms with van der Waals surface area (Å²) in [6.45, 7) is 6.86. The molecule has 1 fully saturated rings. The van der Waals surface area contributed by atoms with Crippen molar-refractivity contribution in [2.75, 3.05) is 26.2 Å². The van der Waals surface area contributed by atoms with Gasteiger partial charge in [0.25, 0.3) is 10.0 Å². The van der Waals surface area contributed by atoms with Crippen LogP contribution in [0.15, 0.2) is 11.2 Å². The molecule has 0 spiro atoms. The van der Waals surface area contributed by atoms with E-state index < -0.39 is 10.0 Å². The third kappa shape index (κ3) is 3.21. The Morgan fingerprint density at radius 1 is 1.50 bits per heavy atom. The first-order valence-electron chi connectivity index (χ1n) is 7.16. The summed E-state index contributed by atoms with van der Waals surface area (Å²) in [7, 11) is -1.64. The summed E-state index contributed by atoms with van der Waals surface area (Å²) in [5, 5.41) is 3.47. The van der Waals surface area contributed by atoms with E-state index in [4.69, 9.17) is 0 Å². The van der Waals surface area contributed by atoms with Crippen LogP contribution < -0.4 is 5.32 Å². The van der Waals surface area contributed by atoms with Gasteiger partial charge in [-0.05, 0) is 38.8 Å². The van der Waals surface area contributed by atoms with E-state index >= 15 is 0 Å². The van der Waals surface area contributed by atoms with Gasteiger partial charge in [-0.2, -0.15) is 4.31 Å². The molecule has 2 heterocycles. The number of imidazole rings is 1. The molecule has 0 aromatic carbocycles. The van der Waals surface area contributed by atoms with Crippen LogP contribution in [-0.4, -0.2) is 48.5 Å². The topological polar surface area (TPSA) is 67.2 Å². The van der Waals surface area contributed by atoms with Crippen LogP contribution in [0.4, 0.5) is 0 Å². The number of hydrogen-bond acceptors (Lipinski definition) is 4. The summed E-state index contributed by atoms with van der Waals surface area (Å²) in [4.78, 5) is 4.16. The first-order chi connectivity index (χ1) is 9.45. The summed E-state index contributed by atoms with van der Waals surface area (Å²) in [6, 6.07) is 0. The zero-order valence-corrected chi connectivity index (χ0v) is 13.3. The Hall–Kier alpha value is -0.920. The van der Waals surface area contributed by atoms with Gasteiger partial charge in [0, 0.05) is 26.3 Å². The van der Waals surface area contributed by atoms with E-state index in [1.807, 2.05) is 14.0 Å². The van der Waals surface area contributed by atoms with Crippen molar-refractivity contribution < 1.29 is 8.42 Å². The van der Waals surface area contributed by atoms with Crippen molar-refractivity contribution in [2.45, 2.75) is 31.7 Å². The van der Waals surface area contributed by atoms with Crippen molar-refractivity contribution in [2.24, 2.45) is 13.0 Å². The number of rotatable bonds is 5. The smallest absolute Gasteiger partial charge is 0.262 e. The van der Waals surface area contributed by atoms with Crippen molar-refractivity contribution in [3.8, 4) is 0 Å². The Morgan fingerprint density at radius 3 is 2.85 bits per heavy atom. The van der Waals surface area contributed by atoms with E-state index in [2.05, 4.69) is 17.2 Å². The molecule has 0 amide bonds. The quantitative estimate of drug-likeness (QED) is 0.871. The SMILES string of the molecule is CCNCC1CCCN(S(=O)(=O)c2cn(C)c(C)n2)C1. The van der Waals surface area contributed by atoms with Crippen LogP contribution in [0, 0.1) is 12.8 Å². The Labute approximate surface area is 121 Å². The molecule has 20 heavy (non-hydrogen) atoms. The minimum atomic E-state index is -3.45. The molecular weight excluding hydrogens is 276 g/mol. The summed E-state index contributed by atoms with van der Waals surface area (Å²) in [5.41, 5.74) is 0. The Bertz CT molecular complexity index is 533. The molecule has 1 N–H and O–H groups in total. The van der Waals surface area contributed by atoms with Crippen molar-refractivity contribution in [1.82, 2.24) is 19.2 Å². The van der Waals surface area contributed by atoms with E-state index in [-0.39, 0.29) is 5.03 Å². The highest BCUT2D eigenvalue weighted by atomic mass is 32.2. The van der Waals surface area contributed by atoms with Crippen molar-refractivity contribution in [1.29, 1.82) is 0 Å². The second kappa shape index (κ2) is 6.24. The summed E-state index contributed by atoms with van der Waals surface area (Å²) in [5.74, 6) is 1.10. The molecule has 2 rings (SSSR count). The molecule has 0 radical (unpaired) electrons. The Kier molecular flexibility index (Phi) is 4.82. The maximum absolute atomic E-state index is 12.6. The fourth-order valence-electron chi connectivity index (χ4n) is 2.54. The van der Waals surface area contributed by atoms with E-state index in [9.17, 15) is 8.42 Å². The molecule has 1 aromatic rings. The normalized spacial score (nSPS) is 21.2. The predicted octanol–water partition coefficient (Wildman–Crippen LogP) is 0.739. The summed E-state index contributed by atoms with van der Waals surface area (Å²) in [6.07, 6.45) is 3.60. The lowest BCUT2D eigenvalue weighted by molar-refractivity contribution is 0.260. The maximum atomic E-state index is 12.6. The monoisotopic (exact) mass is 300 g/mol. The van der Waals surface area contributed by atoms with E-state index in [0.717, 1.165) is 25.9 Å². The van der Waals surface area contributed by atoms with Crippen molar-refractivity contribution in [3.05, 3.63) is 12.0 Å². The van der Waals surface area contributed by atoms with Crippen LogP contribution in [0.3, 0.4) is 0 Å². The molecule has 0 aliphatic carbocycles. The highest BCUT2D eigenvalue weighted by Gasteiger charge is 2.31. The van der Waals surface area contributed by atoms with Gasteiger partial charge in [-0.15, -0.1) is 0 Å². The minimum Gasteiger partial charge on any atom is -0.337 e. The van der Waals surface area contributed by atoms with Crippen LogP contribution in [0.1, 0.15) is 25.6 Å². The first kappa shape index (κ1) is 15.5. The molecule has 1 atom stereocenters. The molecule has 6 nitrogen and oxygen atoms in total. The van der Waals surface area contributed by atoms with Gasteiger partial charge in [0.2, 0.25) is 0 Å². The van der Waals surface area contributed by atoms with Gasteiger partial charge < -0.3 is 9.88 Å². The van der Waals surface area contributed by atoms with Gasteiger partial charge in [-0.3, -0.25) is 0 Å². The zero-order chi connectivity index (χ0) is 14.8. The standard InChI is InChI=1S/C13H24N4O2S/c1-4-14-8-12-6-5-7-17(9-12)20(18,19)13-10-16(3)11(2)15-13/h10,12,14H,4-9H2,1-3H3. The fraction of sp³-hybridized carbons (Fsp3) is 0.769. The van der Waals surface area contributed by atoms with Gasteiger partial charge in [-0.1, -0.05) is 6.92 Å². The number of nitrogens with one attached hydrogen (secondary N) is 1. The number of aromatic nitrogens is 2. The maximum Gasteiger partial charge on any atom is 0.262 e. The predicted molar refractivity (Wildman–Crippen MR) is 78.0 cm³/mol. The lowest BCUT2D eigenvalue weighted by atomic mass is 10.00. The molecule has 1 aromatic heterocycles. The van der Waals surface area contributed by atoms with Gasteiger partial charge >= 0.3 is 0 Å².